The van der Waals surface area contributed by atoms with Crippen molar-refractivity contribution in [3.8, 4) is 0 Å². The zero-order chi connectivity index (χ0) is 15.2. The minimum absolute atomic E-state index is 0.148. The van der Waals surface area contributed by atoms with Gasteiger partial charge in [-0.25, -0.2) is 13.1 Å². The van der Waals surface area contributed by atoms with Gasteiger partial charge in [-0.15, -0.1) is 0 Å². The summed E-state index contributed by atoms with van der Waals surface area (Å²) < 4.78 is 37.0. The van der Waals surface area contributed by atoms with Crippen molar-refractivity contribution >= 4 is 15.7 Å². The van der Waals surface area contributed by atoms with Gasteiger partial charge in [0.15, 0.2) is 0 Å². The van der Waals surface area contributed by atoms with Crippen LogP contribution in [-0.2, 0) is 19.5 Å². The van der Waals surface area contributed by atoms with Crippen molar-refractivity contribution in [2.24, 2.45) is 0 Å². The Kier molecular flexibility index (Phi) is 6.41. The van der Waals surface area contributed by atoms with Crippen LogP contribution < -0.4 is 10.5 Å². The Morgan fingerprint density at radius 2 is 1.90 bits per heavy atom. The molecule has 0 aliphatic heterocycles. The molecule has 0 fully saturated rings. The molecular formula is C13H22N2O4S. The summed E-state index contributed by atoms with van der Waals surface area (Å²) in [6.07, 6.45) is 0. The second-order valence-electron chi connectivity index (χ2n) is 4.43. The van der Waals surface area contributed by atoms with E-state index in [1.54, 1.807) is 26.2 Å². The molecule has 0 saturated carbocycles. The number of aryl methyl sites for hydroxylation is 1. The number of methoxy groups -OCH3 is 1. The number of nitrogen functional groups attached to an aromatic ring is 1. The molecule has 0 aliphatic carbocycles. The summed E-state index contributed by atoms with van der Waals surface area (Å²) >= 11 is 0. The van der Waals surface area contributed by atoms with E-state index >= 15 is 0 Å². The number of anilines is 1. The van der Waals surface area contributed by atoms with Crippen LogP contribution in [0.4, 0.5) is 5.69 Å². The first-order chi connectivity index (χ1) is 9.40. The van der Waals surface area contributed by atoms with Crippen LogP contribution >= 0.6 is 0 Å². The molecule has 1 aromatic carbocycles. The van der Waals surface area contributed by atoms with E-state index < -0.39 is 10.0 Å². The van der Waals surface area contributed by atoms with E-state index in [2.05, 4.69) is 4.72 Å². The maximum Gasteiger partial charge on any atom is 0.242 e. The zero-order valence-electron chi connectivity index (χ0n) is 12.1. The lowest BCUT2D eigenvalue weighted by molar-refractivity contribution is 0.0736. The average Bonchev–Trinajstić information content (AvgIpc) is 2.38. The van der Waals surface area contributed by atoms with E-state index in [9.17, 15) is 8.42 Å². The third-order valence-corrected chi connectivity index (χ3v) is 4.61. The number of benzene rings is 1. The Morgan fingerprint density at radius 3 is 2.55 bits per heavy atom. The quantitative estimate of drug-likeness (QED) is 0.548. The van der Waals surface area contributed by atoms with Gasteiger partial charge in [0.1, 0.15) is 4.90 Å². The lowest BCUT2D eigenvalue weighted by Crippen LogP contribution is -2.29. The van der Waals surface area contributed by atoms with Gasteiger partial charge in [0.2, 0.25) is 10.0 Å². The van der Waals surface area contributed by atoms with Crippen molar-refractivity contribution in [1.29, 1.82) is 0 Å². The van der Waals surface area contributed by atoms with Crippen molar-refractivity contribution in [2.45, 2.75) is 18.7 Å². The van der Waals surface area contributed by atoms with Crippen LogP contribution in [-0.4, -0.2) is 41.9 Å². The van der Waals surface area contributed by atoms with Gasteiger partial charge in [0, 0.05) is 13.7 Å². The average molecular weight is 302 g/mol. The van der Waals surface area contributed by atoms with E-state index in [4.69, 9.17) is 15.2 Å². The summed E-state index contributed by atoms with van der Waals surface area (Å²) in [5.74, 6) is 0. The molecule has 0 saturated heterocycles. The van der Waals surface area contributed by atoms with Crippen LogP contribution in [0.5, 0.6) is 0 Å². The van der Waals surface area contributed by atoms with Crippen LogP contribution in [0.15, 0.2) is 17.0 Å². The first-order valence-electron chi connectivity index (χ1n) is 6.32. The number of nitrogens with two attached hydrogens (primary N) is 1. The summed E-state index contributed by atoms with van der Waals surface area (Å²) in [5.41, 5.74) is 7.58. The van der Waals surface area contributed by atoms with E-state index in [0.29, 0.717) is 18.8 Å². The summed E-state index contributed by atoms with van der Waals surface area (Å²) in [5, 5.41) is 0. The Balaban J connectivity index is 2.68. The lowest BCUT2D eigenvalue weighted by atomic mass is 10.1. The van der Waals surface area contributed by atoms with Crippen LogP contribution in [0, 0.1) is 13.8 Å². The number of nitrogens with one attached hydrogen (secondary N) is 1. The second-order valence-corrected chi connectivity index (χ2v) is 6.13. The molecule has 0 heterocycles. The summed E-state index contributed by atoms with van der Waals surface area (Å²) in [6, 6.07) is 3.41. The van der Waals surface area contributed by atoms with Gasteiger partial charge >= 0.3 is 0 Å². The van der Waals surface area contributed by atoms with Crippen LogP contribution in [0.1, 0.15) is 11.1 Å². The van der Waals surface area contributed by atoms with E-state index in [1.165, 1.54) is 0 Å². The Labute approximate surface area is 120 Å². The monoisotopic (exact) mass is 302 g/mol. The normalized spacial score (nSPS) is 11.8. The predicted octanol–water partition coefficient (Wildman–Crippen LogP) is 0.827. The van der Waals surface area contributed by atoms with Gasteiger partial charge in [0.25, 0.3) is 0 Å². The first kappa shape index (κ1) is 16.9. The number of sulfonamides is 1. The van der Waals surface area contributed by atoms with Gasteiger partial charge in [0.05, 0.1) is 25.5 Å². The largest absolute Gasteiger partial charge is 0.398 e. The smallest absolute Gasteiger partial charge is 0.242 e. The predicted molar refractivity (Wildman–Crippen MR) is 78.2 cm³/mol. The molecule has 0 radical (unpaired) electrons. The number of hydrogen-bond donors (Lipinski definition) is 2. The highest BCUT2D eigenvalue weighted by molar-refractivity contribution is 7.89. The fraction of sp³-hybridized carbons (Fsp3) is 0.538. The third kappa shape index (κ3) is 4.45. The Hall–Kier alpha value is -1.15. The fourth-order valence-corrected chi connectivity index (χ4v) is 3.17. The molecule has 3 N–H and O–H groups in total. The maximum atomic E-state index is 12.2. The molecule has 0 aromatic heterocycles. The van der Waals surface area contributed by atoms with Gasteiger partial charge in [-0.1, -0.05) is 6.07 Å². The van der Waals surface area contributed by atoms with Gasteiger partial charge in [-0.05, 0) is 31.0 Å². The number of rotatable bonds is 8. The molecule has 0 aliphatic rings. The summed E-state index contributed by atoms with van der Waals surface area (Å²) in [7, 11) is -2.04. The van der Waals surface area contributed by atoms with Crippen LogP contribution in [0.3, 0.4) is 0 Å². The molecule has 0 atom stereocenters. The molecule has 1 rings (SSSR count). The molecule has 0 amide bonds. The topological polar surface area (TPSA) is 90.6 Å². The fourth-order valence-electron chi connectivity index (χ4n) is 1.73. The molecule has 114 valence electrons. The number of ether oxygens (including phenoxy) is 2. The highest BCUT2D eigenvalue weighted by atomic mass is 32.2. The molecule has 20 heavy (non-hydrogen) atoms. The minimum atomic E-state index is -3.62. The van der Waals surface area contributed by atoms with Crippen LogP contribution in [0.25, 0.3) is 0 Å². The Morgan fingerprint density at radius 1 is 1.20 bits per heavy atom. The van der Waals surface area contributed by atoms with Crippen molar-refractivity contribution in [3.63, 3.8) is 0 Å². The molecule has 1 aromatic rings. The highest BCUT2D eigenvalue weighted by Gasteiger charge is 2.20. The molecule has 0 spiro atoms. The van der Waals surface area contributed by atoms with E-state index in [1.807, 2.05) is 6.92 Å². The molecular weight excluding hydrogens is 280 g/mol. The Bertz CT molecular complexity index is 544. The van der Waals surface area contributed by atoms with Crippen molar-refractivity contribution in [2.75, 3.05) is 39.2 Å². The molecule has 0 bridgehead atoms. The highest BCUT2D eigenvalue weighted by Crippen LogP contribution is 2.24. The molecule has 6 nitrogen and oxygen atoms in total. The second kappa shape index (κ2) is 7.58. The van der Waals surface area contributed by atoms with Crippen molar-refractivity contribution in [1.82, 2.24) is 4.72 Å². The SMILES string of the molecule is COCCOCCNS(=O)(=O)c1c(N)ccc(C)c1C. The summed E-state index contributed by atoms with van der Waals surface area (Å²) in [6.45, 7) is 4.99. The van der Waals surface area contributed by atoms with Gasteiger partial charge in [-0.2, -0.15) is 0 Å². The third-order valence-electron chi connectivity index (χ3n) is 2.95. The molecule has 7 heteroatoms. The zero-order valence-corrected chi connectivity index (χ0v) is 12.9. The summed E-state index contributed by atoms with van der Waals surface area (Å²) in [4.78, 5) is 0.148. The van der Waals surface area contributed by atoms with Gasteiger partial charge < -0.3 is 15.2 Å². The first-order valence-corrected chi connectivity index (χ1v) is 7.80. The van der Waals surface area contributed by atoms with E-state index in [0.717, 1.165) is 5.56 Å². The van der Waals surface area contributed by atoms with Crippen LogP contribution in [0.2, 0.25) is 0 Å². The maximum absolute atomic E-state index is 12.2. The van der Waals surface area contributed by atoms with Gasteiger partial charge in [-0.3, -0.25) is 0 Å². The van der Waals surface area contributed by atoms with Crippen molar-refractivity contribution in [3.05, 3.63) is 23.3 Å². The number of hydrogen-bond acceptors (Lipinski definition) is 5. The van der Waals surface area contributed by atoms with E-state index in [-0.39, 0.29) is 23.7 Å². The van der Waals surface area contributed by atoms with Crippen molar-refractivity contribution < 1.29 is 17.9 Å². The molecule has 0 unspecified atom stereocenters. The lowest BCUT2D eigenvalue weighted by Gasteiger charge is -2.13. The standard InChI is InChI=1S/C13H22N2O4S/c1-10-4-5-12(14)13(11(10)2)20(16,17)15-6-7-19-9-8-18-3/h4-5,15H,6-9,14H2,1-3H3. The minimum Gasteiger partial charge on any atom is -0.398 e.